The lowest BCUT2D eigenvalue weighted by molar-refractivity contribution is -0.122. The summed E-state index contributed by atoms with van der Waals surface area (Å²) in [7, 11) is 3.40. The monoisotopic (exact) mass is 362 g/mol. The fourth-order valence-electron chi connectivity index (χ4n) is 2.94. The van der Waals surface area contributed by atoms with Gasteiger partial charge < -0.3 is 15.5 Å². The number of aryl methyl sites for hydroxylation is 1. The van der Waals surface area contributed by atoms with Crippen LogP contribution in [0, 0.1) is 6.92 Å². The molecule has 0 bridgehead atoms. The summed E-state index contributed by atoms with van der Waals surface area (Å²) in [5, 5.41) is 16.1. The predicted octanol–water partition coefficient (Wildman–Crippen LogP) is 0.569. The molecule has 2 N–H and O–H groups in total. The van der Waals surface area contributed by atoms with E-state index in [0.29, 0.717) is 19.5 Å². The average Bonchev–Trinajstić information content (AvgIpc) is 3.33. The Labute approximate surface area is 150 Å². The normalized spacial score (nSPS) is 19.8. The van der Waals surface area contributed by atoms with E-state index in [-0.39, 0.29) is 23.9 Å². The van der Waals surface area contributed by atoms with Crippen LogP contribution in [-0.4, -0.2) is 58.4 Å². The molecule has 8 nitrogen and oxygen atoms in total. The van der Waals surface area contributed by atoms with Crippen LogP contribution in [0.25, 0.3) is 0 Å². The van der Waals surface area contributed by atoms with Gasteiger partial charge in [0.15, 0.2) is 0 Å². The maximum Gasteiger partial charge on any atom is 0.264 e. The number of aromatic nitrogens is 3. The van der Waals surface area contributed by atoms with Crippen LogP contribution >= 0.6 is 11.3 Å². The van der Waals surface area contributed by atoms with Gasteiger partial charge in [-0.2, -0.15) is 0 Å². The molecule has 134 valence electrons. The summed E-state index contributed by atoms with van der Waals surface area (Å²) in [6.07, 6.45) is 2.52. The predicted molar refractivity (Wildman–Crippen MR) is 94.4 cm³/mol. The van der Waals surface area contributed by atoms with Gasteiger partial charge in [0.25, 0.3) is 5.91 Å². The number of carbonyl (C=O) groups excluding carboxylic acids is 2. The molecule has 3 rings (SSSR count). The summed E-state index contributed by atoms with van der Waals surface area (Å²) in [4.78, 5) is 26.6. The summed E-state index contributed by atoms with van der Waals surface area (Å²) in [6.45, 7) is 3.00. The summed E-state index contributed by atoms with van der Waals surface area (Å²) < 4.78 is 1.78. The first-order valence-corrected chi connectivity index (χ1v) is 9.02. The number of likely N-dealkylation sites (N-methyl/N-ethyl adjacent to an activating group) is 1. The van der Waals surface area contributed by atoms with Crippen molar-refractivity contribution in [3.05, 3.63) is 33.8 Å². The van der Waals surface area contributed by atoms with Crippen molar-refractivity contribution in [1.82, 2.24) is 30.5 Å². The standard InChI is InChI=1S/C16H22N6O2S/c1-10-4-5-25-14(10)16(24)21(3)8-11-9-22(20-19-11)12-6-13(18-7-12)15(23)17-2/h4-5,9,12-13,18H,6-8H2,1-3H3,(H,17,23)/t12-,13+/m1/s1. The van der Waals surface area contributed by atoms with Crippen LogP contribution in [0.5, 0.6) is 0 Å². The number of thiophene rings is 1. The van der Waals surface area contributed by atoms with Gasteiger partial charge in [0.05, 0.1) is 29.7 Å². The van der Waals surface area contributed by atoms with E-state index in [1.165, 1.54) is 11.3 Å². The molecule has 0 aromatic carbocycles. The second kappa shape index (κ2) is 7.32. The Morgan fingerprint density at radius 1 is 1.52 bits per heavy atom. The van der Waals surface area contributed by atoms with Crippen molar-refractivity contribution in [2.75, 3.05) is 20.6 Å². The molecular formula is C16H22N6O2S. The lowest BCUT2D eigenvalue weighted by Gasteiger charge is -2.15. The zero-order valence-electron chi connectivity index (χ0n) is 14.5. The first-order chi connectivity index (χ1) is 12.0. The van der Waals surface area contributed by atoms with E-state index in [1.54, 1.807) is 23.7 Å². The van der Waals surface area contributed by atoms with Crippen molar-refractivity contribution in [3.63, 3.8) is 0 Å². The first-order valence-electron chi connectivity index (χ1n) is 8.15. The Kier molecular flexibility index (Phi) is 5.14. The van der Waals surface area contributed by atoms with Crippen molar-refractivity contribution in [3.8, 4) is 0 Å². The van der Waals surface area contributed by atoms with Crippen molar-refractivity contribution in [1.29, 1.82) is 0 Å². The lowest BCUT2D eigenvalue weighted by Crippen LogP contribution is -2.38. The van der Waals surface area contributed by atoms with Crippen molar-refractivity contribution in [2.45, 2.75) is 32.0 Å². The van der Waals surface area contributed by atoms with Crippen LogP contribution in [0.15, 0.2) is 17.6 Å². The van der Waals surface area contributed by atoms with Gasteiger partial charge in [0, 0.05) is 20.6 Å². The first kappa shape index (κ1) is 17.6. The van der Waals surface area contributed by atoms with E-state index >= 15 is 0 Å². The van der Waals surface area contributed by atoms with E-state index in [1.807, 2.05) is 24.6 Å². The van der Waals surface area contributed by atoms with E-state index in [2.05, 4.69) is 20.9 Å². The van der Waals surface area contributed by atoms with Crippen LogP contribution < -0.4 is 10.6 Å². The molecule has 0 spiro atoms. The minimum atomic E-state index is -0.200. The zero-order valence-corrected chi connectivity index (χ0v) is 15.3. The molecule has 0 aliphatic carbocycles. The van der Waals surface area contributed by atoms with Gasteiger partial charge in [0.2, 0.25) is 5.91 Å². The molecular weight excluding hydrogens is 340 g/mol. The minimum Gasteiger partial charge on any atom is -0.358 e. The number of nitrogens with zero attached hydrogens (tertiary/aromatic N) is 4. The highest BCUT2D eigenvalue weighted by Gasteiger charge is 2.30. The van der Waals surface area contributed by atoms with Gasteiger partial charge in [-0.1, -0.05) is 5.21 Å². The molecule has 1 aliphatic rings. The maximum absolute atomic E-state index is 12.5. The Morgan fingerprint density at radius 2 is 2.32 bits per heavy atom. The molecule has 3 heterocycles. The largest absolute Gasteiger partial charge is 0.358 e. The van der Waals surface area contributed by atoms with Crippen LogP contribution in [-0.2, 0) is 11.3 Å². The Bertz CT molecular complexity index is 770. The van der Waals surface area contributed by atoms with Crippen molar-refractivity contribution in [2.24, 2.45) is 0 Å². The van der Waals surface area contributed by atoms with Crippen LogP contribution in [0.3, 0.4) is 0 Å². The molecule has 1 saturated heterocycles. The number of hydrogen-bond donors (Lipinski definition) is 2. The minimum absolute atomic E-state index is 0.00994. The molecule has 2 atom stereocenters. The fourth-order valence-corrected chi connectivity index (χ4v) is 3.86. The van der Waals surface area contributed by atoms with E-state index < -0.39 is 0 Å². The number of hydrogen-bond acceptors (Lipinski definition) is 6. The molecule has 2 amide bonds. The second-order valence-corrected chi connectivity index (χ2v) is 7.16. The highest BCUT2D eigenvalue weighted by atomic mass is 32.1. The van der Waals surface area contributed by atoms with Crippen LogP contribution in [0.2, 0.25) is 0 Å². The van der Waals surface area contributed by atoms with Crippen molar-refractivity contribution < 1.29 is 9.59 Å². The Morgan fingerprint density at radius 3 is 3.00 bits per heavy atom. The Hall–Kier alpha value is -2.26. The second-order valence-electron chi connectivity index (χ2n) is 6.25. The van der Waals surface area contributed by atoms with E-state index in [4.69, 9.17) is 0 Å². The zero-order chi connectivity index (χ0) is 18.0. The van der Waals surface area contributed by atoms with Gasteiger partial charge in [0.1, 0.15) is 5.69 Å². The van der Waals surface area contributed by atoms with Gasteiger partial charge in [-0.25, -0.2) is 4.68 Å². The van der Waals surface area contributed by atoms with Gasteiger partial charge >= 0.3 is 0 Å². The quantitative estimate of drug-likeness (QED) is 0.811. The third-order valence-corrected chi connectivity index (χ3v) is 5.41. The molecule has 25 heavy (non-hydrogen) atoms. The van der Waals surface area contributed by atoms with Crippen LogP contribution in [0.4, 0.5) is 0 Å². The van der Waals surface area contributed by atoms with Crippen LogP contribution in [0.1, 0.15) is 33.4 Å². The fraction of sp³-hybridized carbons (Fsp3) is 0.500. The maximum atomic E-state index is 12.5. The molecule has 0 unspecified atom stereocenters. The smallest absolute Gasteiger partial charge is 0.264 e. The van der Waals surface area contributed by atoms with E-state index in [0.717, 1.165) is 16.1 Å². The SMILES string of the molecule is CNC(=O)[C@@H]1C[C@@H](n2cc(CN(C)C(=O)c3sccc3C)nn2)CN1. The summed E-state index contributed by atoms with van der Waals surface area (Å²) in [5.74, 6) is -0.0243. The number of amides is 2. The highest BCUT2D eigenvalue weighted by molar-refractivity contribution is 7.12. The van der Waals surface area contributed by atoms with E-state index in [9.17, 15) is 9.59 Å². The molecule has 9 heteroatoms. The third kappa shape index (κ3) is 3.72. The van der Waals surface area contributed by atoms with Crippen molar-refractivity contribution >= 4 is 23.2 Å². The molecule has 2 aromatic rings. The van der Waals surface area contributed by atoms with Gasteiger partial charge in [-0.15, -0.1) is 16.4 Å². The molecule has 0 saturated carbocycles. The third-order valence-electron chi connectivity index (χ3n) is 4.40. The molecule has 0 radical (unpaired) electrons. The number of rotatable bonds is 5. The lowest BCUT2D eigenvalue weighted by atomic mass is 10.1. The molecule has 1 fully saturated rings. The molecule has 2 aromatic heterocycles. The molecule has 1 aliphatic heterocycles. The van der Waals surface area contributed by atoms with Gasteiger partial charge in [-0.05, 0) is 30.4 Å². The topological polar surface area (TPSA) is 92.2 Å². The van der Waals surface area contributed by atoms with Gasteiger partial charge in [-0.3, -0.25) is 9.59 Å². The number of carbonyl (C=O) groups is 2. The highest BCUT2D eigenvalue weighted by Crippen LogP contribution is 2.20. The average molecular weight is 362 g/mol. The summed E-state index contributed by atoms with van der Waals surface area (Å²) >= 11 is 1.45. The summed E-state index contributed by atoms with van der Waals surface area (Å²) in [6, 6.07) is 1.83. The Balaban J connectivity index is 1.61. The summed E-state index contributed by atoms with van der Waals surface area (Å²) in [5.41, 5.74) is 1.72. The number of nitrogens with one attached hydrogen (secondary N) is 2.